The van der Waals surface area contributed by atoms with Crippen LogP contribution in [0.3, 0.4) is 0 Å². The van der Waals surface area contributed by atoms with Gasteiger partial charge in [-0.3, -0.25) is 4.99 Å². The molecule has 3 N–H and O–H groups in total. The second kappa shape index (κ2) is 10.4. The quantitative estimate of drug-likeness (QED) is 0.379. The van der Waals surface area contributed by atoms with Crippen molar-refractivity contribution in [3.8, 4) is 0 Å². The van der Waals surface area contributed by atoms with Gasteiger partial charge in [0.1, 0.15) is 0 Å². The monoisotopic (exact) mass is 369 g/mol. The van der Waals surface area contributed by atoms with Gasteiger partial charge in [-0.05, 0) is 50.3 Å². The van der Waals surface area contributed by atoms with E-state index in [1.54, 1.807) is 0 Å². The summed E-state index contributed by atoms with van der Waals surface area (Å²) in [5.41, 5.74) is 2.62. The molecule has 1 aliphatic rings. The zero-order valence-corrected chi connectivity index (χ0v) is 16.9. The zero-order valence-electron chi connectivity index (χ0n) is 16.9. The Morgan fingerprint density at radius 2 is 2.04 bits per heavy atom. The summed E-state index contributed by atoms with van der Waals surface area (Å²) < 4.78 is 0. The van der Waals surface area contributed by atoms with Crippen LogP contribution in [0.25, 0.3) is 10.9 Å². The summed E-state index contributed by atoms with van der Waals surface area (Å²) in [5, 5.41) is 8.44. The third-order valence-electron chi connectivity index (χ3n) is 5.57. The van der Waals surface area contributed by atoms with Crippen LogP contribution < -0.4 is 10.6 Å². The van der Waals surface area contributed by atoms with E-state index in [1.165, 1.54) is 61.8 Å². The lowest BCUT2D eigenvalue weighted by Gasteiger charge is -2.33. The van der Waals surface area contributed by atoms with Crippen LogP contribution in [0.4, 0.5) is 0 Å². The number of unbranched alkanes of at least 4 members (excludes halogenated alkanes) is 1. The molecule has 0 aliphatic carbocycles. The Labute approximate surface area is 163 Å². The van der Waals surface area contributed by atoms with Crippen molar-refractivity contribution in [3.63, 3.8) is 0 Å². The molecule has 2 aromatic rings. The first-order chi connectivity index (χ1) is 13.3. The Hall–Kier alpha value is -2.01. The number of guanidine groups is 1. The second-order valence-electron chi connectivity index (χ2n) is 7.58. The van der Waals surface area contributed by atoms with E-state index in [4.69, 9.17) is 0 Å². The van der Waals surface area contributed by atoms with E-state index in [-0.39, 0.29) is 0 Å². The number of rotatable bonds is 8. The Morgan fingerprint density at radius 3 is 2.81 bits per heavy atom. The standard InChI is InChI=1S/C22H35N5/c1-3-4-14-27-15-11-19(12-16-27)26-22(23-2)24-13-7-8-18-17-25-21-10-6-5-9-20(18)21/h5-6,9-10,17,19,25H,3-4,7-8,11-16H2,1-2H3,(H2,23,24,26). The zero-order chi connectivity index (χ0) is 18.9. The van der Waals surface area contributed by atoms with Crippen LogP contribution in [0.1, 0.15) is 44.6 Å². The molecule has 0 spiro atoms. The number of aryl methyl sites for hydroxylation is 1. The average Bonchev–Trinajstić information content (AvgIpc) is 3.13. The maximum atomic E-state index is 4.41. The number of para-hydroxylation sites is 1. The van der Waals surface area contributed by atoms with Gasteiger partial charge in [0.15, 0.2) is 5.96 Å². The van der Waals surface area contributed by atoms with Gasteiger partial charge in [0, 0.05) is 49.8 Å². The highest BCUT2D eigenvalue weighted by molar-refractivity contribution is 5.83. The summed E-state index contributed by atoms with van der Waals surface area (Å²) in [5.74, 6) is 0.945. The van der Waals surface area contributed by atoms with E-state index in [0.717, 1.165) is 25.3 Å². The minimum absolute atomic E-state index is 0.544. The van der Waals surface area contributed by atoms with Gasteiger partial charge in [-0.1, -0.05) is 31.5 Å². The lowest BCUT2D eigenvalue weighted by atomic mass is 10.0. The first-order valence-corrected chi connectivity index (χ1v) is 10.5. The van der Waals surface area contributed by atoms with E-state index in [0.29, 0.717) is 6.04 Å². The summed E-state index contributed by atoms with van der Waals surface area (Å²) >= 11 is 0. The second-order valence-corrected chi connectivity index (χ2v) is 7.58. The molecular formula is C22H35N5. The lowest BCUT2D eigenvalue weighted by molar-refractivity contribution is 0.203. The third kappa shape index (κ3) is 5.73. The van der Waals surface area contributed by atoms with Crippen molar-refractivity contribution in [1.82, 2.24) is 20.5 Å². The normalized spacial score (nSPS) is 16.7. The number of likely N-dealkylation sites (tertiary alicyclic amines) is 1. The van der Waals surface area contributed by atoms with Crippen LogP contribution in [0.15, 0.2) is 35.5 Å². The van der Waals surface area contributed by atoms with Gasteiger partial charge in [0.05, 0.1) is 0 Å². The van der Waals surface area contributed by atoms with Crippen molar-refractivity contribution in [3.05, 3.63) is 36.0 Å². The van der Waals surface area contributed by atoms with Crippen molar-refractivity contribution in [2.75, 3.05) is 33.2 Å². The van der Waals surface area contributed by atoms with E-state index in [9.17, 15) is 0 Å². The molecule has 0 saturated carbocycles. The molecule has 3 rings (SSSR count). The number of nitrogens with one attached hydrogen (secondary N) is 3. The summed E-state index contributed by atoms with van der Waals surface area (Å²) in [6.45, 7) is 6.87. The molecule has 1 saturated heterocycles. The number of hydrogen-bond donors (Lipinski definition) is 3. The number of benzene rings is 1. The fraction of sp³-hybridized carbons (Fsp3) is 0.591. The molecular weight excluding hydrogens is 334 g/mol. The highest BCUT2D eigenvalue weighted by Crippen LogP contribution is 2.18. The summed E-state index contributed by atoms with van der Waals surface area (Å²) in [6.07, 6.45) is 9.33. The summed E-state index contributed by atoms with van der Waals surface area (Å²) in [4.78, 5) is 10.4. The Morgan fingerprint density at radius 1 is 1.22 bits per heavy atom. The number of piperidine rings is 1. The molecule has 1 aromatic heterocycles. The van der Waals surface area contributed by atoms with E-state index in [1.807, 2.05) is 7.05 Å². The Kier molecular flexibility index (Phi) is 7.57. The molecule has 2 heterocycles. The van der Waals surface area contributed by atoms with Crippen LogP contribution in [0, 0.1) is 0 Å². The number of hydrogen-bond acceptors (Lipinski definition) is 2. The van der Waals surface area contributed by atoms with Crippen LogP contribution in [-0.2, 0) is 6.42 Å². The largest absolute Gasteiger partial charge is 0.361 e. The van der Waals surface area contributed by atoms with Gasteiger partial charge in [0.2, 0.25) is 0 Å². The summed E-state index contributed by atoms with van der Waals surface area (Å²) in [6, 6.07) is 9.06. The van der Waals surface area contributed by atoms with Gasteiger partial charge in [-0.2, -0.15) is 0 Å². The van der Waals surface area contributed by atoms with Crippen LogP contribution in [-0.4, -0.2) is 55.1 Å². The number of aromatic amines is 1. The van der Waals surface area contributed by atoms with Gasteiger partial charge < -0.3 is 20.5 Å². The minimum Gasteiger partial charge on any atom is -0.361 e. The van der Waals surface area contributed by atoms with Crippen molar-refractivity contribution in [1.29, 1.82) is 0 Å². The molecule has 0 radical (unpaired) electrons. The fourth-order valence-corrected chi connectivity index (χ4v) is 3.89. The Bertz CT molecular complexity index is 712. The van der Waals surface area contributed by atoms with E-state index in [2.05, 4.69) is 62.9 Å². The van der Waals surface area contributed by atoms with Gasteiger partial charge in [-0.25, -0.2) is 0 Å². The Balaban J connectivity index is 1.36. The smallest absolute Gasteiger partial charge is 0.191 e. The average molecular weight is 370 g/mol. The van der Waals surface area contributed by atoms with E-state index < -0.39 is 0 Å². The number of aliphatic imine (C=N–C) groups is 1. The van der Waals surface area contributed by atoms with Crippen molar-refractivity contribution >= 4 is 16.9 Å². The molecule has 0 unspecified atom stereocenters. The van der Waals surface area contributed by atoms with Gasteiger partial charge >= 0.3 is 0 Å². The van der Waals surface area contributed by atoms with E-state index >= 15 is 0 Å². The van der Waals surface area contributed by atoms with Gasteiger partial charge in [0.25, 0.3) is 0 Å². The predicted octanol–water partition coefficient (Wildman–Crippen LogP) is 3.53. The topological polar surface area (TPSA) is 55.4 Å². The van der Waals surface area contributed by atoms with Gasteiger partial charge in [-0.15, -0.1) is 0 Å². The lowest BCUT2D eigenvalue weighted by Crippen LogP contribution is -2.48. The minimum atomic E-state index is 0.544. The molecule has 1 fully saturated rings. The van der Waals surface area contributed by atoms with Crippen LogP contribution >= 0.6 is 0 Å². The number of aromatic nitrogens is 1. The van der Waals surface area contributed by atoms with Crippen LogP contribution in [0.2, 0.25) is 0 Å². The molecule has 5 heteroatoms. The maximum Gasteiger partial charge on any atom is 0.191 e. The molecule has 27 heavy (non-hydrogen) atoms. The maximum absolute atomic E-state index is 4.41. The van der Waals surface area contributed by atoms with Crippen molar-refractivity contribution < 1.29 is 0 Å². The molecule has 0 amide bonds. The SMILES string of the molecule is CCCCN1CCC(NC(=NC)NCCCc2c[nH]c3ccccc23)CC1. The molecule has 148 valence electrons. The highest BCUT2D eigenvalue weighted by Gasteiger charge is 2.19. The van der Waals surface area contributed by atoms with Crippen LogP contribution in [0.5, 0.6) is 0 Å². The van der Waals surface area contributed by atoms with Crippen molar-refractivity contribution in [2.24, 2.45) is 4.99 Å². The molecule has 1 aliphatic heterocycles. The highest BCUT2D eigenvalue weighted by atomic mass is 15.2. The van der Waals surface area contributed by atoms with Crippen molar-refractivity contribution in [2.45, 2.75) is 51.5 Å². The predicted molar refractivity (Wildman–Crippen MR) is 115 cm³/mol. The number of H-pyrrole nitrogens is 1. The third-order valence-corrected chi connectivity index (χ3v) is 5.57. The molecule has 0 atom stereocenters. The fourth-order valence-electron chi connectivity index (χ4n) is 3.89. The first-order valence-electron chi connectivity index (χ1n) is 10.5. The molecule has 1 aromatic carbocycles. The number of nitrogens with zero attached hydrogens (tertiary/aromatic N) is 2. The number of fused-ring (bicyclic) bond motifs is 1. The molecule has 0 bridgehead atoms. The summed E-state index contributed by atoms with van der Waals surface area (Å²) in [7, 11) is 1.87. The molecule has 5 nitrogen and oxygen atoms in total. The first kappa shape index (κ1) is 19.7.